The first-order valence-electron chi connectivity index (χ1n) is 18.3. The van der Waals surface area contributed by atoms with E-state index in [1.54, 1.807) is 0 Å². The monoisotopic (exact) mass is 691 g/mol. The quantitative estimate of drug-likeness (QED) is 0.151. The van der Waals surface area contributed by atoms with E-state index in [-0.39, 0.29) is 0 Å². The maximum Gasteiger partial charge on any atom is 0.160 e. The molecule has 3 heteroatoms. The van der Waals surface area contributed by atoms with Crippen LogP contribution >= 0.6 is 0 Å². The molecule has 0 N–H and O–H groups in total. The number of benzene rings is 7. The average Bonchev–Trinajstić information content (AvgIpc) is 3.59. The van der Waals surface area contributed by atoms with E-state index in [1.165, 1.54) is 32.9 Å². The zero-order chi connectivity index (χ0) is 36.3. The van der Waals surface area contributed by atoms with E-state index in [2.05, 4.69) is 169 Å². The van der Waals surface area contributed by atoms with Crippen LogP contribution in [-0.2, 0) is 6.42 Å². The predicted molar refractivity (Wildman–Crippen MR) is 227 cm³/mol. The number of rotatable bonds is 9. The largest absolute Gasteiger partial charge is 0.309 e. The fourth-order valence-electron chi connectivity index (χ4n) is 7.31. The van der Waals surface area contributed by atoms with Gasteiger partial charge in [-0.25, -0.2) is 9.97 Å². The third-order valence-electron chi connectivity index (χ3n) is 10.1. The summed E-state index contributed by atoms with van der Waals surface area (Å²) in [6.45, 7) is 4.16. The average molecular weight is 692 g/mol. The lowest BCUT2D eigenvalue weighted by Crippen LogP contribution is -1.96. The Hall–Kier alpha value is -7.10. The molecule has 0 radical (unpaired) electrons. The molecule has 0 unspecified atom stereocenters. The summed E-state index contributed by atoms with van der Waals surface area (Å²) in [5.74, 6) is 0.716. The molecule has 2 aromatic heterocycles. The van der Waals surface area contributed by atoms with E-state index in [4.69, 9.17) is 9.97 Å². The summed E-state index contributed by atoms with van der Waals surface area (Å²) in [6, 6.07) is 64.0. The van der Waals surface area contributed by atoms with Gasteiger partial charge >= 0.3 is 0 Å². The molecule has 0 bridgehead atoms. The molecule has 0 amide bonds. The van der Waals surface area contributed by atoms with Crippen molar-refractivity contribution in [2.24, 2.45) is 0 Å². The number of fused-ring (bicyclic) bond motifs is 3. The summed E-state index contributed by atoms with van der Waals surface area (Å²) in [5, 5.41) is 2.53. The number of allylic oxidation sites excluding steroid dienone is 1. The van der Waals surface area contributed by atoms with Gasteiger partial charge in [0.1, 0.15) is 0 Å². The third kappa shape index (κ3) is 6.44. The summed E-state index contributed by atoms with van der Waals surface area (Å²) < 4.78 is 2.36. The van der Waals surface area contributed by atoms with Gasteiger partial charge < -0.3 is 4.57 Å². The van der Waals surface area contributed by atoms with Gasteiger partial charge in [0.25, 0.3) is 0 Å². The SMILES string of the molecule is C=Cc1cc(-c2cccc(-n3c4ccccc4c4ccccc43)c2)ccc1/C=C\Cc1ccc(-c2nc(-c3ccccc3)cc(-c3ccccc3)n2)cc1. The number of para-hydroxylation sites is 2. The number of hydrogen-bond donors (Lipinski definition) is 0. The molecule has 0 aliphatic rings. The van der Waals surface area contributed by atoms with Crippen LogP contribution < -0.4 is 0 Å². The lowest BCUT2D eigenvalue weighted by Gasteiger charge is -2.11. The minimum atomic E-state index is 0.716. The van der Waals surface area contributed by atoms with Gasteiger partial charge in [-0.05, 0) is 70.6 Å². The molecule has 0 spiro atoms. The van der Waals surface area contributed by atoms with Gasteiger partial charge in [0.05, 0.1) is 22.4 Å². The van der Waals surface area contributed by atoms with Gasteiger partial charge in [0.2, 0.25) is 0 Å². The van der Waals surface area contributed by atoms with Crippen molar-refractivity contribution >= 4 is 34.0 Å². The van der Waals surface area contributed by atoms with Crippen LogP contribution in [-0.4, -0.2) is 14.5 Å². The highest BCUT2D eigenvalue weighted by atomic mass is 15.0. The van der Waals surface area contributed by atoms with Gasteiger partial charge in [-0.3, -0.25) is 0 Å². The topological polar surface area (TPSA) is 30.7 Å². The first-order chi connectivity index (χ1) is 26.7. The van der Waals surface area contributed by atoms with Crippen molar-refractivity contribution in [2.45, 2.75) is 6.42 Å². The van der Waals surface area contributed by atoms with Crippen molar-refractivity contribution in [2.75, 3.05) is 0 Å². The Morgan fingerprint density at radius 1 is 0.463 bits per heavy atom. The second-order valence-electron chi connectivity index (χ2n) is 13.5. The highest BCUT2D eigenvalue weighted by Crippen LogP contribution is 2.34. The molecule has 9 rings (SSSR count). The molecular formula is C51H37N3. The molecule has 7 aromatic carbocycles. The summed E-state index contributed by atoms with van der Waals surface area (Å²) in [4.78, 5) is 9.97. The number of hydrogen-bond acceptors (Lipinski definition) is 2. The van der Waals surface area contributed by atoms with Gasteiger partial charge in [-0.1, -0.05) is 170 Å². The van der Waals surface area contributed by atoms with Crippen LogP contribution in [0.5, 0.6) is 0 Å². The smallest absolute Gasteiger partial charge is 0.160 e. The summed E-state index contributed by atoms with van der Waals surface area (Å²) in [5.41, 5.74) is 14.3. The van der Waals surface area contributed by atoms with Gasteiger partial charge in [0.15, 0.2) is 5.82 Å². The maximum absolute atomic E-state index is 4.98. The molecule has 256 valence electrons. The molecule has 2 heterocycles. The van der Waals surface area contributed by atoms with Crippen molar-refractivity contribution < 1.29 is 0 Å². The van der Waals surface area contributed by atoms with E-state index >= 15 is 0 Å². The zero-order valence-corrected chi connectivity index (χ0v) is 29.8. The molecule has 0 saturated heterocycles. The first-order valence-corrected chi connectivity index (χ1v) is 18.3. The zero-order valence-electron chi connectivity index (χ0n) is 29.8. The summed E-state index contributed by atoms with van der Waals surface area (Å²) >= 11 is 0. The van der Waals surface area contributed by atoms with Crippen LogP contribution in [0.1, 0.15) is 16.7 Å². The summed E-state index contributed by atoms with van der Waals surface area (Å²) in [7, 11) is 0. The third-order valence-corrected chi connectivity index (χ3v) is 10.1. The Bertz CT molecular complexity index is 2680. The minimum absolute atomic E-state index is 0.716. The van der Waals surface area contributed by atoms with Crippen molar-refractivity contribution in [3.63, 3.8) is 0 Å². The molecule has 0 saturated carbocycles. The van der Waals surface area contributed by atoms with Crippen LogP contribution in [0.4, 0.5) is 0 Å². The van der Waals surface area contributed by atoms with Gasteiger partial charge in [0, 0.05) is 33.2 Å². The Kier molecular flexibility index (Phi) is 8.80. The highest BCUT2D eigenvalue weighted by molar-refractivity contribution is 6.09. The first kappa shape index (κ1) is 32.8. The molecular weight excluding hydrogens is 655 g/mol. The Morgan fingerprint density at radius 2 is 1.02 bits per heavy atom. The molecule has 0 atom stereocenters. The Labute approximate surface area is 315 Å². The normalized spacial score (nSPS) is 11.4. The predicted octanol–water partition coefficient (Wildman–Crippen LogP) is 13.1. The second-order valence-corrected chi connectivity index (χ2v) is 13.5. The van der Waals surface area contributed by atoms with Crippen molar-refractivity contribution in [3.8, 4) is 50.7 Å². The molecule has 3 nitrogen and oxygen atoms in total. The fraction of sp³-hybridized carbons (Fsp3) is 0.0196. The Balaban J connectivity index is 0.951. The van der Waals surface area contributed by atoms with E-state index in [0.717, 1.165) is 56.9 Å². The number of aromatic nitrogens is 3. The van der Waals surface area contributed by atoms with Crippen LogP contribution in [0.15, 0.2) is 195 Å². The highest BCUT2D eigenvalue weighted by Gasteiger charge is 2.13. The van der Waals surface area contributed by atoms with Gasteiger partial charge in [-0.15, -0.1) is 0 Å². The standard InChI is InChI=1S/C51H37N3/c1-2-37-33-43(42-21-14-22-44(34-42)54-49-25-11-9-23-45(49)46-24-10-12-26-50(46)54)32-31-38(37)20-13-15-36-27-29-41(30-28-36)51-52-47(39-16-5-3-6-17-39)35-48(53-51)40-18-7-4-8-19-40/h2-14,16-35H,1,15H2/b20-13-. The second kappa shape index (κ2) is 14.5. The minimum Gasteiger partial charge on any atom is -0.309 e. The molecule has 9 aromatic rings. The molecule has 54 heavy (non-hydrogen) atoms. The van der Waals surface area contributed by atoms with Gasteiger partial charge in [-0.2, -0.15) is 0 Å². The molecule has 0 fully saturated rings. The Morgan fingerprint density at radius 3 is 1.65 bits per heavy atom. The fourth-order valence-corrected chi connectivity index (χ4v) is 7.31. The van der Waals surface area contributed by atoms with E-state index in [1.807, 2.05) is 42.5 Å². The lowest BCUT2D eigenvalue weighted by atomic mass is 9.98. The van der Waals surface area contributed by atoms with Crippen LogP contribution in [0.25, 0.3) is 84.7 Å². The molecule has 0 aliphatic carbocycles. The van der Waals surface area contributed by atoms with E-state index < -0.39 is 0 Å². The van der Waals surface area contributed by atoms with Crippen LogP contribution in [0.2, 0.25) is 0 Å². The van der Waals surface area contributed by atoms with E-state index in [9.17, 15) is 0 Å². The lowest BCUT2D eigenvalue weighted by molar-refractivity contribution is 1.18. The molecule has 0 aliphatic heterocycles. The van der Waals surface area contributed by atoms with E-state index in [0.29, 0.717) is 5.82 Å². The summed E-state index contributed by atoms with van der Waals surface area (Å²) in [6.07, 6.45) is 7.17. The van der Waals surface area contributed by atoms with Crippen LogP contribution in [0, 0.1) is 0 Å². The van der Waals surface area contributed by atoms with Crippen molar-refractivity contribution in [3.05, 3.63) is 211 Å². The van der Waals surface area contributed by atoms with Crippen molar-refractivity contribution in [1.29, 1.82) is 0 Å². The van der Waals surface area contributed by atoms with Crippen LogP contribution in [0.3, 0.4) is 0 Å². The number of nitrogens with zero attached hydrogens (tertiary/aromatic N) is 3. The maximum atomic E-state index is 4.98. The van der Waals surface area contributed by atoms with Crippen molar-refractivity contribution in [1.82, 2.24) is 14.5 Å².